The normalized spacial score (nSPS) is 19.6. The number of nitrogens with zero attached hydrogens (tertiary/aromatic N) is 2. The molecule has 0 radical (unpaired) electrons. The highest BCUT2D eigenvalue weighted by Gasteiger charge is 2.57. The summed E-state index contributed by atoms with van der Waals surface area (Å²) >= 11 is 4.88. The van der Waals surface area contributed by atoms with Crippen LogP contribution < -0.4 is 15.1 Å². The first kappa shape index (κ1) is 32.1. The maximum absolute atomic E-state index is 13.9. The minimum atomic E-state index is -4.76. The van der Waals surface area contributed by atoms with Crippen molar-refractivity contribution < 1.29 is 40.7 Å². The third-order valence-corrected chi connectivity index (χ3v) is 10.7. The van der Waals surface area contributed by atoms with Gasteiger partial charge in [-0.2, -0.15) is 26.3 Å². The highest BCUT2D eigenvalue weighted by atomic mass is 79.9. The molecule has 16 heteroatoms. The smallest absolute Gasteiger partial charge is 0.324 e. The van der Waals surface area contributed by atoms with Crippen LogP contribution in [0.4, 0.5) is 37.7 Å². The summed E-state index contributed by atoms with van der Waals surface area (Å²) in [6, 6.07) is 14.9. The molecule has 3 amide bonds. The van der Waals surface area contributed by atoms with E-state index in [1.54, 1.807) is 24.3 Å². The van der Waals surface area contributed by atoms with Crippen molar-refractivity contribution >= 4 is 68.1 Å². The van der Waals surface area contributed by atoms with Crippen LogP contribution >= 0.6 is 39.0 Å². The average Bonchev–Trinajstić information content (AvgIpc) is 3.43. The second-order valence-corrected chi connectivity index (χ2v) is 13.4. The number of halogens is 7. The summed E-state index contributed by atoms with van der Waals surface area (Å²) in [6.45, 7) is -0.701. The summed E-state index contributed by atoms with van der Waals surface area (Å²) in [5.74, 6) is -4.51. The number of para-hydroxylation sites is 1. The Labute approximate surface area is 272 Å². The Balaban J connectivity index is 1.40. The molecule has 7 nitrogen and oxygen atoms in total. The lowest BCUT2D eigenvalue weighted by Crippen LogP contribution is -2.33. The van der Waals surface area contributed by atoms with E-state index < -0.39 is 75.4 Å². The van der Waals surface area contributed by atoms with E-state index in [-0.39, 0.29) is 10.7 Å². The Morgan fingerprint density at radius 1 is 0.870 bits per heavy atom. The number of anilines is 2. The standard InChI is InChI=1S/C30H18BrF6N3O4S2/c31-16-10-8-14(9-11-16)21-22-23(26(43)40(25(22)42)17-5-3-4-15(12-17)29(32,33)34)45-27-24(21)46-28(44)39(27)13-20(41)38-19-7-2-1-6-18(19)30(35,36)37/h1-12,21-23H,13H2,(H,38,41)/t21-,22?,23?/m1/s1. The maximum atomic E-state index is 13.9. The Morgan fingerprint density at radius 3 is 2.24 bits per heavy atom. The van der Waals surface area contributed by atoms with Crippen molar-refractivity contribution in [3.63, 3.8) is 0 Å². The number of hydrogen-bond donors (Lipinski definition) is 1. The lowest BCUT2D eigenvalue weighted by molar-refractivity contribution is -0.138. The molecule has 0 spiro atoms. The Morgan fingerprint density at radius 2 is 1.57 bits per heavy atom. The summed E-state index contributed by atoms with van der Waals surface area (Å²) in [4.78, 5) is 54.4. The molecule has 4 aromatic rings. The Hall–Kier alpha value is -3.89. The van der Waals surface area contributed by atoms with Crippen LogP contribution in [0.3, 0.4) is 0 Å². The number of carbonyl (C=O) groups is 3. The molecule has 0 bridgehead atoms. The van der Waals surface area contributed by atoms with E-state index >= 15 is 0 Å². The van der Waals surface area contributed by atoms with Gasteiger partial charge in [0.15, 0.2) is 0 Å². The summed E-state index contributed by atoms with van der Waals surface area (Å²) < 4.78 is 82.7. The topological polar surface area (TPSA) is 88.5 Å². The van der Waals surface area contributed by atoms with E-state index in [4.69, 9.17) is 0 Å². The van der Waals surface area contributed by atoms with Crippen molar-refractivity contribution in [1.29, 1.82) is 0 Å². The summed E-state index contributed by atoms with van der Waals surface area (Å²) in [7, 11) is 0. The number of nitrogens with one attached hydrogen (secondary N) is 1. The summed E-state index contributed by atoms with van der Waals surface area (Å²) in [5, 5.41) is 1.18. The van der Waals surface area contributed by atoms with Crippen LogP contribution in [-0.2, 0) is 33.3 Å². The van der Waals surface area contributed by atoms with E-state index in [0.29, 0.717) is 25.9 Å². The number of benzene rings is 3. The summed E-state index contributed by atoms with van der Waals surface area (Å²) in [5.41, 5.74) is -2.38. The van der Waals surface area contributed by atoms with E-state index in [1.807, 2.05) is 0 Å². The lowest BCUT2D eigenvalue weighted by atomic mass is 9.83. The number of fused-ring (bicyclic) bond motifs is 2. The first-order valence-electron chi connectivity index (χ1n) is 13.3. The molecule has 3 aromatic carbocycles. The highest BCUT2D eigenvalue weighted by Crippen LogP contribution is 2.54. The van der Waals surface area contributed by atoms with Crippen LogP contribution in [-0.4, -0.2) is 27.5 Å². The molecule has 3 atom stereocenters. The first-order chi connectivity index (χ1) is 21.6. The first-order valence-corrected chi connectivity index (χ1v) is 15.8. The molecule has 2 aliphatic rings. The maximum Gasteiger partial charge on any atom is 0.418 e. The molecule has 1 aromatic heterocycles. The van der Waals surface area contributed by atoms with Gasteiger partial charge < -0.3 is 5.32 Å². The monoisotopic (exact) mass is 741 g/mol. The zero-order valence-corrected chi connectivity index (χ0v) is 26.1. The number of amides is 3. The molecule has 238 valence electrons. The van der Waals surface area contributed by atoms with Gasteiger partial charge in [0.1, 0.15) is 11.8 Å². The number of carbonyl (C=O) groups excluding carboxylic acids is 3. The summed E-state index contributed by atoms with van der Waals surface area (Å²) in [6.07, 6.45) is -9.49. The molecule has 0 aliphatic carbocycles. The van der Waals surface area contributed by atoms with Crippen LogP contribution in [0.2, 0.25) is 0 Å². The van der Waals surface area contributed by atoms with Gasteiger partial charge in [-0.15, -0.1) is 0 Å². The zero-order chi connectivity index (χ0) is 33.1. The zero-order valence-electron chi connectivity index (χ0n) is 22.9. The molecule has 2 aliphatic heterocycles. The molecular formula is C30H18BrF6N3O4S2. The molecule has 0 saturated carbocycles. The van der Waals surface area contributed by atoms with E-state index in [1.165, 1.54) is 12.1 Å². The van der Waals surface area contributed by atoms with E-state index in [9.17, 15) is 45.5 Å². The highest BCUT2D eigenvalue weighted by molar-refractivity contribution is 9.10. The van der Waals surface area contributed by atoms with E-state index in [2.05, 4.69) is 21.2 Å². The minimum Gasteiger partial charge on any atom is -0.324 e. The minimum absolute atomic E-state index is 0.162. The average molecular weight is 743 g/mol. The third-order valence-electron chi connectivity index (χ3n) is 7.52. The number of hydrogen-bond acceptors (Lipinski definition) is 6. The van der Waals surface area contributed by atoms with Crippen molar-refractivity contribution in [1.82, 2.24) is 4.57 Å². The molecule has 1 fully saturated rings. The SMILES string of the molecule is O=C(Cn1c2c(sc1=O)[C@H](c1ccc(Br)cc1)C1C(=O)N(c3cccc(C(F)(F)F)c3)C(=O)C1S2)Nc1ccccc1C(F)(F)F. The van der Waals surface area contributed by atoms with Crippen molar-refractivity contribution in [3.8, 4) is 0 Å². The Kier molecular flexibility index (Phi) is 8.17. The fourth-order valence-electron chi connectivity index (χ4n) is 5.53. The second-order valence-electron chi connectivity index (χ2n) is 10.4. The van der Waals surface area contributed by atoms with Crippen LogP contribution in [0.15, 0.2) is 87.1 Å². The largest absolute Gasteiger partial charge is 0.418 e. The number of aromatic nitrogens is 1. The number of rotatable bonds is 5. The van der Waals surface area contributed by atoms with Gasteiger partial charge in [-0.05, 0) is 48.0 Å². The van der Waals surface area contributed by atoms with Gasteiger partial charge in [0, 0.05) is 15.3 Å². The van der Waals surface area contributed by atoms with Gasteiger partial charge >= 0.3 is 17.2 Å². The molecule has 6 rings (SSSR count). The predicted octanol–water partition coefficient (Wildman–Crippen LogP) is 7.14. The van der Waals surface area contributed by atoms with Crippen LogP contribution in [0.25, 0.3) is 0 Å². The molecule has 3 heterocycles. The van der Waals surface area contributed by atoms with Crippen molar-refractivity contribution in [3.05, 3.63) is 109 Å². The molecule has 46 heavy (non-hydrogen) atoms. The quantitative estimate of drug-likeness (QED) is 0.174. The fraction of sp³-hybridized carbons (Fsp3) is 0.200. The predicted molar refractivity (Wildman–Crippen MR) is 162 cm³/mol. The molecule has 1 saturated heterocycles. The van der Waals surface area contributed by atoms with Gasteiger partial charge in [-0.3, -0.25) is 23.7 Å². The van der Waals surface area contributed by atoms with Gasteiger partial charge in [-0.1, -0.05) is 69.4 Å². The second kappa shape index (κ2) is 11.7. The van der Waals surface area contributed by atoms with Gasteiger partial charge in [0.25, 0.3) is 0 Å². The number of imide groups is 1. The number of thioether (sulfide) groups is 1. The third kappa shape index (κ3) is 5.77. The lowest BCUT2D eigenvalue weighted by Gasteiger charge is -2.30. The van der Waals surface area contributed by atoms with Gasteiger partial charge in [-0.25, -0.2) is 4.90 Å². The van der Waals surface area contributed by atoms with Crippen molar-refractivity contribution in [2.45, 2.75) is 35.1 Å². The van der Waals surface area contributed by atoms with Crippen molar-refractivity contribution in [2.75, 3.05) is 10.2 Å². The molecular weight excluding hydrogens is 724 g/mol. The van der Waals surface area contributed by atoms with Crippen LogP contribution in [0.5, 0.6) is 0 Å². The van der Waals surface area contributed by atoms with Gasteiger partial charge in [0.2, 0.25) is 17.7 Å². The fourth-order valence-corrected chi connectivity index (χ4v) is 8.57. The van der Waals surface area contributed by atoms with E-state index in [0.717, 1.165) is 58.0 Å². The van der Waals surface area contributed by atoms with Crippen LogP contribution in [0.1, 0.15) is 27.5 Å². The molecule has 1 N–H and O–H groups in total. The number of thiazole rings is 1. The van der Waals surface area contributed by atoms with Crippen LogP contribution in [0, 0.1) is 5.92 Å². The molecule has 2 unspecified atom stereocenters. The van der Waals surface area contributed by atoms with Crippen molar-refractivity contribution in [2.24, 2.45) is 5.92 Å². The van der Waals surface area contributed by atoms with Gasteiger partial charge in [0.05, 0.1) is 33.4 Å². The number of alkyl halides is 6. The Bertz CT molecular complexity index is 1940.